The van der Waals surface area contributed by atoms with Gasteiger partial charge in [-0.1, -0.05) is 0 Å². The van der Waals surface area contributed by atoms with Crippen LogP contribution in [-0.2, 0) is 16.6 Å². The van der Waals surface area contributed by atoms with E-state index >= 15 is 0 Å². The van der Waals surface area contributed by atoms with Gasteiger partial charge in [-0.15, -0.1) is 0 Å². The van der Waals surface area contributed by atoms with Crippen molar-refractivity contribution >= 4 is 31.9 Å². The van der Waals surface area contributed by atoms with Crippen molar-refractivity contribution in [3.05, 3.63) is 40.7 Å². The molecule has 0 unspecified atom stereocenters. The Morgan fingerprint density at radius 2 is 2.20 bits per heavy atom. The lowest BCUT2D eigenvalue weighted by molar-refractivity contribution is 0.0661. The van der Waals surface area contributed by atoms with E-state index < -0.39 is 21.8 Å². The summed E-state index contributed by atoms with van der Waals surface area (Å²) < 4.78 is 35.4. The molecule has 0 aliphatic carbocycles. The number of rotatable bonds is 5. The molecule has 0 aliphatic heterocycles. The summed E-state index contributed by atoms with van der Waals surface area (Å²) in [5, 5.41) is 8.80. The molecule has 0 radical (unpaired) electrons. The maximum atomic E-state index is 12.3. The molecule has 0 atom stereocenters. The summed E-state index contributed by atoms with van der Waals surface area (Å²) in [7, 11) is -2.53. The fraction of sp³-hybridized carbons (Fsp3) is 0.182. The quantitative estimate of drug-likeness (QED) is 0.873. The highest BCUT2D eigenvalue weighted by molar-refractivity contribution is 9.10. The predicted octanol–water partition coefficient (Wildman–Crippen LogP) is 2.15. The number of nitrogens with zero attached hydrogens (tertiary/aromatic N) is 1. The molecule has 2 rings (SSSR count). The molecule has 2 aromatic heterocycles. The molecule has 0 aromatic carbocycles. The molecule has 0 saturated carbocycles. The minimum Gasteiger partial charge on any atom is -0.475 e. The van der Waals surface area contributed by atoms with Crippen molar-refractivity contribution in [3.63, 3.8) is 0 Å². The van der Waals surface area contributed by atoms with Crippen LogP contribution >= 0.6 is 15.9 Å². The van der Waals surface area contributed by atoms with Crippen LogP contribution in [0.4, 0.5) is 0 Å². The Morgan fingerprint density at radius 3 is 2.70 bits per heavy atom. The summed E-state index contributed by atoms with van der Waals surface area (Å²) >= 11 is 2.91. The number of aromatic carboxylic acids is 1. The smallest absolute Gasteiger partial charge is 0.371 e. The van der Waals surface area contributed by atoms with E-state index in [1.165, 1.54) is 13.3 Å². The van der Waals surface area contributed by atoms with Crippen LogP contribution in [-0.4, -0.2) is 30.8 Å². The third kappa shape index (κ3) is 2.79. The Kier molecular flexibility index (Phi) is 4.02. The first-order valence-electron chi connectivity index (χ1n) is 5.33. The van der Waals surface area contributed by atoms with E-state index in [2.05, 4.69) is 15.9 Å². The van der Waals surface area contributed by atoms with Crippen LogP contribution < -0.4 is 0 Å². The lowest BCUT2D eigenvalue weighted by Crippen LogP contribution is -2.26. The van der Waals surface area contributed by atoms with E-state index in [1.807, 2.05) is 0 Å². The van der Waals surface area contributed by atoms with Gasteiger partial charge in [0.2, 0.25) is 15.8 Å². The molecular formula is C11H10BrNO6S. The van der Waals surface area contributed by atoms with E-state index in [9.17, 15) is 13.2 Å². The molecule has 0 spiro atoms. The van der Waals surface area contributed by atoms with E-state index in [1.54, 1.807) is 12.1 Å². The normalized spacial score (nSPS) is 11.9. The Balaban J connectivity index is 2.32. The van der Waals surface area contributed by atoms with Crippen LogP contribution in [0.5, 0.6) is 0 Å². The molecule has 0 aliphatic rings. The highest BCUT2D eigenvalue weighted by Gasteiger charge is 2.29. The van der Waals surface area contributed by atoms with Crippen molar-refractivity contribution < 1.29 is 27.2 Å². The van der Waals surface area contributed by atoms with Crippen molar-refractivity contribution in [2.45, 2.75) is 11.4 Å². The van der Waals surface area contributed by atoms with Crippen LogP contribution in [0.2, 0.25) is 0 Å². The van der Waals surface area contributed by atoms with E-state index in [0.29, 0.717) is 5.76 Å². The van der Waals surface area contributed by atoms with E-state index in [-0.39, 0.29) is 16.1 Å². The molecule has 20 heavy (non-hydrogen) atoms. The van der Waals surface area contributed by atoms with Crippen LogP contribution in [0.25, 0.3) is 0 Å². The molecular weight excluding hydrogens is 354 g/mol. The van der Waals surface area contributed by atoms with Gasteiger partial charge in [-0.2, -0.15) is 4.31 Å². The summed E-state index contributed by atoms with van der Waals surface area (Å²) in [4.78, 5) is 10.5. The summed E-state index contributed by atoms with van der Waals surface area (Å²) in [6, 6.07) is 4.24. The van der Waals surface area contributed by atoms with Crippen LogP contribution in [0.1, 0.15) is 16.3 Å². The molecule has 0 amide bonds. The zero-order chi connectivity index (χ0) is 14.9. The summed E-state index contributed by atoms with van der Waals surface area (Å²) in [6.45, 7) is 0.0232. The molecule has 0 bridgehead atoms. The minimum atomic E-state index is -3.89. The Morgan fingerprint density at radius 1 is 1.50 bits per heavy atom. The minimum absolute atomic E-state index is 0.0232. The molecule has 0 saturated heterocycles. The monoisotopic (exact) mass is 363 g/mol. The first-order valence-corrected chi connectivity index (χ1v) is 7.57. The summed E-state index contributed by atoms with van der Waals surface area (Å²) in [6.07, 6.45) is 1.44. The van der Waals surface area contributed by atoms with Gasteiger partial charge < -0.3 is 13.9 Å². The van der Waals surface area contributed by atoms with Crippen molar-refractivity contribution in [1.29, 1.82) is 0 Å². The van der Waals surface area contributed by atoms with E-state index in [0.717, 1.165) is 10.4 Å². The van der Waals surface area contributed by atoms with Crippen LogP contribution in [0.3, 0.4) is 0 Å². The van der Waals surface area contributed by atoms with Gasteiger partial charge in [0.1, 0.15) is 10.7 Å². The first kappa shape index (κ1) is 14.8. The molecule has 7 nitrogen and oxygen atoms in total. The molecule has 0 fully saturated rings. The van der Waals surface area contributed by atoms with Gasteiger partial charge in [-0.05, 0) is 28.1 Å². The SMILES string of the molecule is CN(Cc1ccco1)S(=O)(=O)c1cc(C(=O)O)oc1Br. The van der Waals surface area contributed by atoms with Crippen molar-refractivity contribution in [1.82, 2.24) is 4.31 Å². The second kappa shape index (κ2) is 5.43. The topological polar surface area (TPSA) is 101 Å². The van der Waals surface area contributed by atoms with Crippen molar-refractivity contribution in [3.8, 4) is 0 Å². The summed E-state index contributed by atoms with van der Waals surface area (Å²) in [5.41, 5.74) is 0. The van der Waals surface area contributed by atoms with Crippen molar-refractivity contribution in [2.75, 3.05) is 7.05 Å². The number of halogens is 1. The van der Waals surface area contributed by atoms with Gasteiger partial charge in [0.15, 0.2) is 4.67 Å². The van der Waals surface area contributed by atoms with Gasteiger partial charge in [-0.25, -0.2) is 13.2 Å². The van der Waals surface area contributed by atoms with Gasteiger partial charge >= 0.3 is 5.97 Å². The van der Waals surface area contributed by atoms with Gasteiger partial charge in [0, 0.05) is 13.1 Å². The highest BCUT2D eigenvalue weighted by atomic mass is 79.9. The van der Waals surface area contributed by atoms with E-state index in [4.69, 9.17) is 13.9 Å². The fourth-order valence-corrected chi connectivity index (χ4v) is 3.54. The number of hydrogen-bond acceptors (Lipinski definition) is 5. The predicted molar refractivity (Wildman–Crippen MR) is 70.7 cm³/mol. The maximum absolute atomic E-state index is 12.3. The number of carbonyl (C=O) groups is 1. The molecule has 2 aromatic rings. The lowest BCUT2D eigenvalue weighted by Gasteiger charge is -2.14. The summed E-state index contributed by atoms with van der Waals surface area (Å²) in [5.74, 6) is -1.34. The maximum Gasteiger partial charge on any atom is 0.371 e. The first-order chi connectivity index (χ1) is 9.32. The fourth-order valence-electron chi connectivity index (χ4n) is 1.51. The Hall–Kier alpha value is -1.58. The average molecular weight is 364 g/mol. The number of hydrogen-bond donors (Lipinski definition) is 1. The number of carboxylic acids is 1. The largest absolute Gasteiger partial charge is 0.475 e. The molecule has 9 heteroatoms. The van der Waals surface area contributed by atoms with Gasteiger partial charge in [0.05, 0.1) is 12.8 Å². The zero-order valence-electron chi connectivity index (χ0n) is 10.2. The second-order valence-corrected chi connectivity index (χ2v) is 6.63. The van der Waals surface area contributed by atoms with Crippen molar-refractivity contribution in [2.24, 2.45) is 0 Å². The number of carboxylic acid groups (broad SMARTS) is 1. The lowest BCUT2D eigenvalue weighted by atomic mass is 10.4. The Labute approximate surface area is 123 Å². The molecule has 108 valence electrons. The molecule has 2 heterocycles. The van der Waals surface area contributed by atoms with Gasteiger partial charge in [0.25, 0.3) is 0 Å². The number of furan rings is 2. The third-order valence-corrected chi connectivity index (χ3v) is 5.17. The van der Waals surface area contributed by atoms with Crippen LogP contribution in [0, 0.1) is 0 Å². The highest BCUT2D eigenvalue weighted by Crippen LogP contribution is 2.29. The Bertz CT molecular complexity index is 718. The van der Waals surface area contributed by atoms with Crippen LogP contribution in [0.15, 0.2) is 42.9 Å². The molecule has 1 N–H and O–H groups in total. The van der Waals surface area contributed by atoms with Gasteiger partial charge in [-0.3, -0.25) is 0 Å². The third-order valence-electron chi connectivity index (χ3n) is 2.51. The standard InChI is InChI=1S/C11H10BrNO6S/c1-13(6-7-3-2-4-18-7)20(16,17)9-5-8(11(14)15)19-10(9)12/h2-5H,6H2,1H3,(H,14,15). The second-order valence-electron chi connectivity index (χ2n) is 3.89. The zero-order valence-corrected chi connectivity index (χ0v) is 12.6. The average Bonchev–Trinajstić information content (AvgIpc) is 2.98. The number of sulfonamides is 1.